The van der Waals surface area contributed by atoms with Crippen molar-refractivity contribution in [3.63, 3.8) is 0 Å². The van der Waals surface area contributed by atoms with Crippen molar-refractivity contribution in [2.75, 3.05) is 48.7 Å². The van der Waals surface area contributed by atoms with E-state index in [0.717, 1.165) is 92.3 Å². The molecule has 6 heterocycles. The second-order valence-corrected chi connectivity index (χ2v) is 15.5. The van der Waals surface area contributed by atoms with Crippen LogP contribution >= 0.6 is 0 Å². The minimum atomic E-state index is -0.241. The van der Waals surface area contributed by atoms with Gasteiger partial charge in [-0.05, 0) is 87.6 Å². The molecule has 1 unspecified atom stereocenters. The summed E-state index contributed by atoms with van der Waals surface area (Å²) in [4.78, 5) is 38.0. The highest BCUT2D eigenvalue weighted by molar-refractivity contribution is 6.01. The van der Waals surface area contributed by atoms with Crippen LogP contribution in [-0.4, -0.2) is 90.2 Å². The highest BCUT2D eigenvalue weighted by atomic mass is 16.2. The van der Waals surface area contributed by atoms with E-state index >= 15 is 0 Å². The number of anilines is 3. The van der Waals surface area contributed by atoms with Gasteiger partial charge in [0.25, 0.3) is 0 Å². The van der Waals surface area contributed by atoms with Gasteiger partial charge in [0.05, 0.1) is 41.5 Å². The number of benzene rings is 1. The highest BCUT2D eigenvalue weighted by Gasteiger charge is 2.29. The summed E-state index contributed by atoms with van der Waals surface area (Å²) in [6.07, 6.45) is 14.6. The second kappa shape index (κ2) is 14.7. The van der Waals surface area contributed by atoms with Crippen molar-refractivity contribution in [1.29, 1.82) is 5.26 Å². The number of pyridine rings is 2. The van der Waals surface area contributed by atoms with Crippen molar-refractivity contribution < 1.29 is 9.59 Å². The summed E-state index contributed by atoms with van der Waals surface area (Å²) in [5.41, 5.74) is 11.8. The average Bonchev–Trinajstić information content (AvgIpc) is 3.72. The Labute approximate surface area is 318 Å². The number of rotatable bonds is 10. The van der Waals surface area contributed by atoms with Crippen LogP contribution in [0.25, 0.3) is 22.5 Å². The van der Waals surface area contributed by atoms with Crippen molar-refractivity contribution in [3.8, 4) is 17.6 Å². The van der Waals surface area contributed by atoms with Crippen LogP contribution < -0.4 is 21.3 Å². The highest BCUT2D eigenvalue weighted by Crippen LogP contribution is 2.37. The zero-order valence-corrected chi connectivity index (χ0v) is 30.8. The normalized spacial score (nSPS) is 22.1. The Morgan fingerprint density at radius 2 is 1.76 bits per heavy atom. The second-order valence-electron chi connectivity index (χ2n) is 15.5. The lowest BCUT2D eigenvalue weighted by Gasteiger charge is -2.37. The lowest BCUT2D eigenvalue weighted by molar-refractivity contribution is -0.134. The van der Waals surface area contributed by atoms with E-state index in [1.807, 2.05) is 22.9 Å². The maximum Gasteiger partial charge on any atom is 0.234 e. The molecule has 15 heteroatoms. The average molecular weight is 740 g/mol. The molecule has 9 rings (SSSR count). The number of aromatic nitrogens is 7. The number of amides is 2. The molecule has 2 aliphatic carbocycles. The van der Waals surface area contributed by atoms with Gasteiger partial charge in [-0.1, -0.05) is 17.3 Å². The van der Waals surface area contributed by atoms with Crippen molar-refractivity contribution in [2.45, 2.75) is 75.7 Å². The van der Waals surface area contributed by atoms with Crippen LogP contribution in [0.3, 0.4) is 0 Å². The van der Waals surface area contributed by atoms with E-state index in [-0.39, 0.29) is 23.6 Å². The molecule has 282 valence electrons. The molecular weight excluding hydrogens is 695 g/mol. The molecule has 5 aromatic rings. The standard InChI is InChI=1S/C40H45N13O2/c41-21-28-19-29-22-44-53(39(29)47-38(28)42)36-20-33(45-30-7-8-30)35(23-43-36)52-24-34(48-49-52)27-3-1-25(2-4-27)13-14-50-15-17-51(18-16-50)31-9-5-26(6-10-31)32-11-12-37(54)46-40(32)55/h5-6,9-10,19-20,22-25,27,30,32H,1-4,7-8,11-18H2,(H2,42,47)(H,43,45)(H,46,54,55). The molecule has 0 bridgehead atoms. The van der Waals surface area contributed by atoms with E-state index in [9.17, 15) is 14.9 Å². The summed E-state index contributed by atoms with van der Waals surface area (Å²) >= 11 is 0. The van der Waals surface area contributed by atoms with Gasteiger partial charge in [-0.3, -0.25) is 19.8 Å². The van der Waals surface area contributed by atoms with Crippen molar-refractivity contribution in [1.82, 2.24) is 45.0 Å². The first kappa shape index (κ1) is 34.9. The topological polar surface area (TPSA) is 189 Å². The van der Waals surface area contributed by atoms with Crippen LogP contribution in [0.5, 0.6) is 0 Å². The molecule has 2 amide bonds. The fraction of sp³-hybridized carbons (Fsp3) is 0.450. The molecule has 15 nitrogen and oxygen atoms in total. The quantitative estimate of drug-likeness (QED) is 0.171. The van der Waals surface area contributed by atoms with Crippen LogP contribution in [0.4, 0.5) is 17.2 Å². The lowest BCUT2D eigenvalue weighted by Crippen LogP contribution is -2.47. The van der Waals surface area contributed by atoms with Crippen molar-refractivity contribution in [2.24, 2.45) is 5.92 Å². The van der Waals surface area contributed by atoms with Crippen LogP contribution in [0.15, 0.2) is 55.0 Å². The van der Waals surface area contributed by atoms with Gasteiger partial charge in [0.2, 0.25) is 11.8 Å². The van der Waals surface area contributed by atoms with Gasteiger partial charge in [-0.2, -0.15) is 15.0 Å². The van der Waals surface area contributed by atoms with Gasteiger partial charge < -0.3 is 16.0 Å². The Balaban J connectivity index is 0.774. The number of nitrogens with zero attached hydrogens (tertiary/aromatic N) is 10. The van der Waals surface area contributed by atoms with Gasteiger partial charge >= 0.3 is 0 Å². The van der Waals surface area contributed by atoms with Gasteiger partial charge in [0.15, 0.2) is 11.5 Å². The van der Waals surface area contributed by atoms with Crippen LogP contribution in [-0.2, 0) is 9.59 Å². The number of nitrogens with two attached hydrogens (primary N) is 1. The number of carbonyl (C=O) groups is 2. The molecule has 4 fully saturated rings. The molecule has 4 aliphatic rings. The Bertz CT molecular complexity index is 2250. The minimum Gasteiger partial charge on any atom is -0.383 e. The molecule has 1 atom stereocenters. The minimum absolute atomic E-state index is 0.165. The van der Waals surface area contributed by atoms with Gasteiger partial charge in [0, 0.05) is 61.7 Å². The summed E-state index contributed by atoms with van der Waals surface area (Å²) in [5, 5.41) is 29.9. The first-order valence-corrected chi connectivity index (χ1v) is 19.5. The van der Waals surface area contributed by atoms with Crippen molar-refractivity contribution in [3.05, 3.63) is 71.8 Å². The molecule has 1 aromatic carbocycles. The Morgan fingerprint density at radius 1 is 0.964 bits per heavy atom. The lowest BCUT2D eigenvalue weighted by atomic mass is 9.79. The first-order chi connectivity index (χ1) is 26.9. The molecule has 2 aliphatic heterocycles. The number of fused-ring (bicyclic) bond motifs is 1. The predicted molar refractivity (Wildman–Crippen MR) is 207 cm³/mol. The fourth-order valence-electron chi connectivity index (χ4n) is 8.38. The number of hydrogen-bond donors (Lipinski definition) is 3. The van der Waals surface area contributed by atoms with Crippen LogP contribution in [0.2, 0.25) is 0 Å². The molecule has 0 radical (unpaired) electrons. The molecule has 4 aromatic heterocycles. The number of imide groups is 1. The maximum absolute atomic E-state index is 12.3. The van der Waals surface area contributed by atoms with E-state index in [2.05, 4.69) is 65.2 Å². The van der Waals surface area contributed by atoms with E-state index in [1.165, 1.54) is 24.9 Å². The number of nitrogens with one attached hydrogen (secondary N) is 2. The molecule has 55 heavy (non-hydrogen) atoms. The largest absolute Gasteiger partial charge is 0.383 e. The van der Waals surface area contributed by atoms with Crippen LogP contribution in [0, 0.1) is 17.2 Å². The number of nitrogen functional groups attached to an aromatic ring is 1. The van der Waals surface area contributed by atoms with Crippen LogP contribution in [0.1, 0.15) is 86.4 Å². The Hall–Kier alpha value is -5.88. The van der Waals surface area contributed by atoms with E-state index in [4.69, 9.17) is 10.7 Å². The monoisotopic (exact) mass is 739 g/mol. The van der Waals surface area contributed by atoms with Gasteiger partial charge in [-0.25, -0.2) is 14.6 Å². The number of piperazine rings is 1. The number of hydrogen-bond acceptors (Lipinski definition) is 12. The first-order valence-electron chi connectivity index (χ1n) is 19.5. The zero-order valence-electron chi connectivity index (χ0n) is 30.8. The van der Waals surface area contributed by atoms with Gasteiger partial charge in [-0.15, -0.1) is 5.10 Å². The maximum atomic E-state index is 12.3. The van der Waals surface area contributed by atoms with E-state index in [0.29, 0.717) is 41.8 Å². The van der Waals surface area contributed by atoms with Crippen molar-refractivity contribution >= 4 is 40.0 Å². The summed E-state index contributed by atoms with van der Waals surface area (Å²) in [6.45, 7) is 5.22. The SMILES string of the molecule is N#Cc1cc2cnn(-c3cc(NC4CC4)c(-n4cc(C5CCC(CCN6CCN(c7ccc(C8CCC(=O)NC8=O)cc7)CC6)CC5)nn4)cn3)c2nc1N. The van der Waals surface area contributed by atoms with Gasteiger partial charge in [0.1, 0.15) is 17.6 Å². The predicted octanol–water partition coefficient (Wildman–Crippen LogP) is 4.43. The Morgan fingerprint density at radius 3 is 2.51 bits per heavy atom. The smallest absolute Gasteiger partial charge is 0.234 e. The Kier molecular flexibility index (Phi) is 9.35. The number of piperidine rings is 1. The molecular formula is C40H45N13O2. The molecule has 2 saturated heterocycles. The fourth-order valence-corrected chi connectivity index (χ4v) is 8.38. The molecule has 2 saturated carbocycles. The zero-order chi connectivity index (χ0) is 37.5. The summed E-state index contributed by atoms with van der Waals surface area (Å²) < 4.78 is 3.49. The summed E-state index contributed by atoms with van der Waals surface area (Å²) in [6, 6.07) is 14.5. The number of nitriles is 1. The molecule has 4 N–H and O–H groups in total. The summed E-state index contributed by atoms with van der Waals surface area (Å²) in [5.74, 6) is 1.28. The molecule has 0 spiro atoms. The third-order valence-electron chi connectivity index (χ3n) is 11.9. The number of carbonyl (C=O) groups excluding carboxylic acids is 2. The third kappa shape index (κ3) is 7.34. The summed E-state index contributed by atoms with van der Waals surface area (Å²) in [7, 11) is 0. The van der Waals surface area contributed by atoms with E-state index in [1.54, 1.807) is 23.1 Å². The van der Waals surface area contributed by atoms with E-state index < -0.39 is 0 Å². The third-order valence-corrected chi connectivity index (χ3v) is 11.9.